The fourth-order valence-corrected chi connectivity index (χ4v) is 2.99. The van der Waals surface area contributed by atoms with Crippen molar-refractivity contribution >= 4 is 17.3 Å². The average molecular weight is 292 g/mol. The van der Waals surface area contributed by atoms with Crippen molar-refractivity contribution in [1.82, 2.24) is 0 Å². The van der Waals surface area contributed by atoms with Gasteiger partial charge in [0.2, 0.25) is 0 Å². The van der Waals surface area contributed by atoms with Gasteiger partial charge in [0.1, 0.15) is 0 Å². The van der Waals surface area contributed by atoms with Crippen LogP contribution in [0.15, 0.2) is 12.1 Å². The molecule has 0 radical (unpaired) electrons. The van der Waals surface area contributed by atoms with Gasteiger partial charge in [-0.05, 0) is 37.5 Å². The molecule has 116 valence electrons. The van der Waals surface area contributed by atoms with Crippen molar-refractivity contribution in [2.24, 2.45) is 5.92 Å². The molecular weight excluding hydrogens is 268 g/mol. The smallest absolute Gasteiger partial charge is 0.340 e. The molecule has 0 bridgehead atoms. The fourth-order valence-electron chi connectivity index (χ4n) is 2.99. The monoisotopic (exact) mass is 292 g/mol. The molecule has 1 aromatic rings. The summed E-state index contributed by atoms with van der Waals surface area (Å²) in [5, 5.41) is 12.9. The Kier molecular flexibility index (Phi) is 5.07. The van der Waals surface area contributed by atoms with Crippen LogP contribution in [0, 0.1) is 12.8 Å². The second kappa shape index (κ2) is 6.80. The van der Waals surface area contributed by atoms with Gasteiger partial charge in [0.15, 0.2) is 0 Å². The van der Waals surface area contributed by atoms with Gasteiger partial charge in [-0.1, -0.05) is 12.8 Å². The van der Waals surface area contributed by atoms with Crippen molar-refractivity contribution in [3.05, 3.63) is 23.3 Å². The van der Waals surface area contributed by atoms with E-state index in [9.17, 15) is 9.90 Å². The summed E-state index contributed by atoms with van der Waals surface area (Å²) in [5.41, 5.74) is 8.48. The molecular formula is C16H24N2O3. The Morgan fingerprint density at radius 2 is 2.14 bits per heavy atom. The number of ether oxygens (including phenoxy) is 1. The van der Waals surface area contributed by atoms with E-state index < -0.39 is 5.97 Å². The first kappa shape index (κ1) is 15.6. The van der Waals surface area contributed by atoms with Crippen LogP contribution in [-0.4, -0.2) is 30.8 Å². The van der Waals surface area contributed by atoms with E-state index in [4.69, 9.17) is 10.5 Å². The zero-order chi connectivity index (χ0) is 15.4. The number of anilines is 2. The number of esters is 1. The van der Waals surface area contributed by atoms with E-state index in [-0.39, 0.29) is 18.6 Å². The number of hydrogen-bond donors (Lipinski definition) is 3. The van der Waals surface area contributed by atoms with E-state index in [0.717, 1.165) is 36.9 Å². The third-order valence-electron chi connectivity index (χ3n) is 4.29. The number of nitrogen functional groups attached to an aromatic ring is 1. The second-order valence-corrected chi connectivity index (χ2v) is 5.72. The number of nitrogens with one attached hydrogen (secondary N) is 1. The normalized spacial score (nSPS) is 21.9. The second-order valence-electron chi connectivity index (χ2n) is 5.72. The molecule has 1 aromatic carbocycles. The lowest BCUT2D eigenvalue weighted by Crippen LogP contribution is -2.34. The Bertz CT molecular complexity index is 516. The summed E-state index contributed by atoms with van der Waals surface area (Å²) >= 11 is 0. The summed E-state index contributed by atoms with van der Waals surface area (Å²) in [6.07, 6.45) is 4.39. The van der Waals surface area contributed by atoms with Gasteiger partial charge in [-0.2, -0.15) is 0 Å². The molecule has 21 heavy (non-hydrogen) atoms. The van der Waals surface area contributed by atoms with Crippen LogP contribution >= 0.6 is 0 Å². The molecule has 0 aliphatic heterocycles. The predicted octanol–water partition coefficient (Wildman–Crippen LogP) is 2.33. The van der Waals surface area contributed by atoms with Gasteiger partial charge < -0.3 is 20.9 Å². The summed E-state index contributed by atoms with van der Waals surface area (Å²) in [4.78, 5) is 11.8. The number of methoxy groups -OCH3 is 1. The number of carbonyl (C=O) groups is 1. The minimum absolute atomic E-state index is 0.190. The van der Waals surface area contributed by atoms with Crippen molar-refractivity contribution < 1.29 is 14.6 Å². The first-order chi connectivity index (χ1) is 10.1. The number of aliphatic hydroxyl groups excluding tert-OH is 1. The highest BCUT2D eigenvalue weighted by Crippen LogP contribution is 2.29. The van der Waals surface area contributed by atoms with Gasteiger partial charge >= 0.3 is 5.97 Å². The van der Waals surface area contributed by atoms with Crippen LogP contribution in [0.1, 0.15) is 41.6 Å². The maximum absolute atomic E-state index is 11.8. The van der Waals surface area contributed by atoms with Crippen LogP contribution in [0.3, 0.4) is 0 Å². The number of nitrogens with two attached hydrogens (primary N) is 1. The Hall–Kier alpha value is -1.75. The molecule has 0 amide bonds. The molecule has 0 saturated heterocycles. The Labute approximate surface area is 125 Å². The minimum atomic E-state index is -0.429. The van der Waals surface area contributed by atoms with E-state index in [1.54, 1.807) is 6.07 Å². The van der Waals surface area contributed by atoms with E-state index in [0.29, 0.717) is 11.3 Å². The first-order valence-corrected chi connectivity index (χ1v) is 7.42. The van der Waals surface area contributed by atoms with Crippen LogP contribution in [0.2, 0.25) is 0 Å². The molecule has 2 unspecified atom stereocenters. The number of rotatable bonds is 4. The maximum Gasteiger partial charge on any atom is 0.340 e. The third kappa shape index (κ3) is 3.47. The summed E-state index contributed by atoms with van der Waals surface area (Å²) in [6, 6.07) is 3.90. The number of aryl methyl sites for hydroxylation is 1. The van der Waals surface area contributed by atoms with Crippen molar-refractivity contribution in [2.75, 3.05) is 24.8 Å². The lowest BCUT2D eigenvalue weighted by atomic mass is 9.85. The van der Waals surface area contributed by atoms with Gasteiger partial charge in [0.25, 0.3) is 0 Å². The van der Waals surface area contributed by atoms with Crippen LogP contribution in [0.25, 0.3) is 0 Å². The highest BCUT2D eigenvalue weighted by molar-refractivity contribution is 5.97. The molecule has 5 heteroatoms. The molecule has 0 spiro atoms. The van der Waals surface area contributed by atoms with Gasteiger partial charge in [0, 0.05) is 29.9 Å². The minimum Gasteiger partial charge on any atom is -0.465 e. The molecule has 2 atom stereocenters. The Balaban J connectivity index is 2.23. The van der Waals surface area contributed by atoms with Crippen LogP contribution in [-0.2, 0) is 4.74 Å². The highest BCUT2D eigenvalue weighted by Gasteiger charge is 2.25. The van der Waals surface area contributed by atoms with E-state index in [1.165, 1.54) is 7.11 Å². The van der Waals surface area contributed by atoms with Crippen molar-refractivity contribution in [2.45, 2.75) is 38.6 Å². The van der Waals surface area contributed by atoms with Gasteiger partial charge in [-0.3, -0.25) is 0 Å². The molecule has 0 aromatic heterocycles. The lowest BCUT2D eigenvalue weighted by molar-refractivity contribution is 0.0602. The predicted molar refractivity (Wildman–Crippen MR) is 83.4 cm³/mol. The van der Waals surface area contributed by atoms with Crippen LogP contribution < -0.4 is 11.1 Å². The summed E-state index contributed by atoms with van der Waals surface area (Å²) in [7, 11) is 1.35. The molecule has 2 rings (SSSR count). The number of carbonyl (C=O) groups excluding carboxylic acids is 1. The first-order valence-electron chi connectivity index (χ1n) is 7.42. The summed E-state index contributed by atoms with van der Waals surface area (Å²) in [6.45, 7) is 2.06. The Morgan fingerprint density at radius 3 is 2.81 bits per heavy atom. The third-order valence-corrected chi connectivity index (χ3v) is 4.29. The van der Waals surface area contributed by atoms with E-state index >= 15 is 0 Å². The van der Waals surface area contributed by atoms with E-state index in [1.807, 2.05) is 13.0 Å². The Morgan fingerprint density at radius 1 is 1.43 bits per heavy atom. The summed E-state index contributed by atoms with van der Waals surface area (Å²) < 4.78 is 4.77. The molecule has 4 N–H and O–H groups in total. The van der Waals surface area contributed by atoms with Crippen LogP contribution in [0.4, 0.5) is 11.4 Å². The van der Waals surface area contributed by atoms with Crippen LogP contribution in [0.5, 0.6) is 0 Å². The largest absolute Gasteiger partial charge is 0.465 e. The maximum atomic E-state index is 11.8. The molecule has 1 aliphatic rings. The van der Waals surface area contributed by atoms with Crippen molar-refractivity contribution in [1.29, 1.82) is 0 Å². The molecule has 1 saturated carbocycles. The molecule has 1 aliphatic carbocycles. The average Bonchev–Trinajstić information content (AvgIpc) is 2.50. The van der Waals surface area contributed by atoms with Gasteiger partial charge in [-0.25, -0.2) is 4.79 Å². The molecule has 0 heterocycles. The fraction of sp³-hybridized carbons (Fsp3) is 0.562. The van der Waals surface area contributed by atoms with Crippen molar-refractivity contribution in [3.63, 3.8) is 0 Å². The number of benzene rings is 1. The molecule has 5 nitrogen and oxygen atoms in total. The van der Waals surface area contributed by atoms with Crippen molar-refractivity contribution in [3.8, 4) is 0 Å². The number of aliphatic hydroxyl groups is 1. The standard InChI is InChI=1S/C16H24N2O3/c1-10-7-12(8-13(15(10)17)16(20)21-2)18-14-6-4-3-5-11(14)9-19/h7-8,11,14,18-19H,3-6,9,17H2,1-2H3. The SMILES string of the molecule is COC(=O)c1cc(NC2CCCCC2CO)cc(C)c1N. The van der Waals surface area contributed by atoms with Gasteiger partial charge in [0.05, 0.1) is 12.7 Å². The molecule has 1 fully saturated rings. The quantitative estimate of drug-likeness (QED) is 0.586. The zero-order valence-corrected chi connectivity index (χ0v) is 12.7. The van der Waals surface area contributed by atoms with Gasteiger partial charge in [-0.15, -0.1) is 0 Å². The lowest BCUT2D eigenvalue weighted by Gasteiger charge is -2.32. The number of hydrogen-bond acceptors (Lipinski definition) is 5. The highest BCUT2D eigenvalue weighted by atomic mass is 16.5. The summed E-state index contributed by atoms with van der Waals surface area (Å²) in [5.74, 6) is -0.167. The van der Waals surface area contributed by atoms with E-state index in [2.05, 4.69) is 5.32 Å². The topological polar surface area (TPSA) is 84.6 Å². The zero-order valence-electron chi connectivity index (χ0n) is 12.7.